The molecule has 0 saturated heterocycles. The van der Waals surface area contributed by atoms with Crippen molar-refractivity contribution in [2.75, 3.05) is 0 Å². The number of aliphatic imine (C=N–C) groups is 2. The van der Waals surface area contributed by atoms with Crippen LogP contribution in [0.3, 0.4) is 0 Å². The number of carbonyl (C=O) groups excluding carboxylic acids is 2. The van der Waals surface area contributed by atoms with Crippen molar-refractivity contribution in [2.45, 2.75) is 40.0 Å². The quantitative estimate of drug-likeness (QED) is 0.204. The Kier molecular flexibility index (Phi) is 8.50. The number of benzene rings is 2. The first kappa shape index (κ1) is 31.0. The van der Waals surface area contributed by atoms with Gasteiger partial charge >= 0.3 is 0 Å². The van der Waals surface area contributed by atoms with Gasteiger partial charge in [0.1, 0.15) is 35.2 Å². The molecule has 4 heterocycles. The van der Waals surface area contributed by atoms with Crippen LogP contribution >= 0.6 is 69.9 Å². The molecule has 16 heteroatoms. The highest BCUT2D eigenvalue weighted by molar-refractivity contribution is 8.27. The number of hydrogen-bond donors (Lipinski definition) is 0. The van der Waals surface area contributed by atoms with Crippen molar-refractivity contribution in [3.63, 3.8) is 0 Å². The number of halogens is 4. The molecule has 0 spiro atoms. The van der Waals surface area contributed by atoms with E-state index in [0.717, 1.165) is 23.5 Å². The van der Waals surface area contributed by atoms with Crippen molar-refractivity contribution in [1.29, 1.82) is 0 Å². The predicted molar refractivity (Wildman–Crippen MR) is 175 cm³/mol. The van der Waals surface area contributed by atoms with Crippen LogP contribution in [0.2, 0.25) is 20.1 Å². The number of carbonyl (C=O) groups is 2. The average Bonchev–Trinajstić information content (AvgIpc) is 3.69. The highest BCUT2D eigenvalue weighted by Gasteiger charge is 2.44. The second kappa shape index (κ2) is 12.1. The van der Waals surface area contributed by atoms with E-state index in [-0.39, 0.29) is 32.7 Å². The summed E-state index contributed by atoms with van der Waals surface area (Å²) in [5.41, 5.74) is 1.73. The average molecular weight is 710 g/mol. The first-order valence-corrected chi connectivity index (χ1v) is 16.1. The molecule has 2 aromatic carbocycles. The predicted octanol–water partition coefficient (Wildman–Crippen LogP) is 8.62. The van der Waals surface area contributed by atoms with Gasteiger partial charge in [-0.25, -0.2) is 20.0 Å². The van der Waals surface area contributed by atoms with Crippen LogP contribution < -0.4 is 0 Å². The highest BCUT2D eigenvalue weighted by atomic mass is 35.5. The molecule has 2 aromatic heterocycles. The third kappa shape index (κ3) is 5.31. The number of fused-ring (bicyclic) bond motifs is 1. The zero-order valence-electron chi connectivity index (χ0n) is 23.3. The third-order valence-electron chi connectivity index (χ3n) is 6.83. The van der Waals surface area contributed by atoms with Gasteiger partial charge in [-0.3, -0.25) is 9.59 Å². The molecule has 0 unspecified atom stereocenters. The first-order chi connectivity index (χ1) is 21.0. The standard InChI is InChI=1S/C28H20Cl4N6O4S2/c1-11-19(23(35-41-11)21-15(29)7-5-8-16(21)30)25(39)43-27-33-13(3)38-28(34-14(4)37(27)38)44-26(40)20-12(2)42-36-24(20)22-17(31)9-6-10-18(22)32/h5-10,13-14H,1-4H3/t13-,14-/m1/s1. The molecule has 0 bridgehead atoms. The van der Waals surface area contributed by atoms with E-state index in [0.29, 0.717) is 53.1 Å². The van der Waals surface area contributed by atoms with E-state index in [1.54, 1.807) is 60.3 Å². The molecule has 226 valence electrons. The van der Waals surface area contributed by atoms with Crippen molar-refractivity contribution in [2.24, 2.45) is 9.98 Å². The zero-order chi connectivity index (χ0) is 31.4. The number of hydrogen-bond acceptors (Lipinski definition) is 12. The second-order valence-electron chi connectivity index (χ2n) is 9.67. The van der Waals surface area contributed by atoms with Crippen LogP contribution in [0.1, 0.15) is 46.1 Å². The van der Waals surface area contributed by atoms with Gasteiger partial charge in [0.25, 0.3) is 0 Å². The summed E-state index contributed by atoms with van der Waals surface area (Å²) in [4.78, 5) is 36.8. The zero-order valence-corrected chi connectivity index (χ0v) is 27.9. The van der Waals surface area contributed by atoms with Crippen molar-refractivity contribution >= 4 is 90.5 Å². The lowest BCUT2D eigenvalue weighted by Gasteiger charge is -2.28. The van der Waals surface area contributed by atoms with Gasteiger partial charge in [0.15, 0.2) is 10.3 Å². The summed E-state index contributed by atoms with van der Waals surface area (Å²) in [5, 5.41) is 13.1. The number of amidine groups is 2. The molecule has 2 aliphatic heterocycles. The minimum atomic E-state index is -0.462. The number of rotatable bonds is 4. The summed E-state index contributed by atoms with van der Waals surface area (Å²) >= 11 is 27.4. The van der Waals surface area contributed by atoms with E-state index in [2.05, 4.69) is 10.3 Å². The van der Waals surface area contributed by atoms with Crippen molar-refractivity contribution in [1.82, 2.24) is 20.3 Å². The summed E-state index contributed by atoms with van der Waals surface area (Å²) in [5.74, 6) is 0.617. The molecule has 2 aliphatic rings. The normalized spacial score (nSPS) is 17.6. The molecule has 0 fully saturated rings. The maximum Gasteiger partial charge on any atom is 0.232 e. The van der Waals surface area contributed by atoms with Crippen molar-refractivity contribution in [3.8, 4) is 22.5 Å². The minimum absolute atomic E-state index is 0.227. The van der Waals surface area contributed by atoms with Crippen molar-refractivity contribution < 1.29 is 18.6 Å². The summed E-state index contributed by atoms with van der Waals surface area (Å²) in [7, 11) is 0. The van der Waals surface area contributed by atoms with E-state index < -0.39 is 12.3 Å². The monoisotopic (exact) mass is 708 g/mol. The van der Waals surface area contributed by atoms with Crippen LogP contribution in [0.5, 0.6) is 0 Å². The van der Waals surface area contributed by atoms with Gasteiger partial charge in [0.2, 0.25) is 10.2 Å². The Morgan fingerprint density at radius 2 is 1.02 bits per heavy atom. The van der Waals surface area contributed by atoms with Crippen LogP contribution in [0.15, 0.2) is 55.4 Å². The van der Waals surface area contributed by atoms with E-state index in [1.807, 2.05) is 13.8 Å². The van der Waals surface area contributed by atoms with Crippen LogP contribution in [0.25, 0.3) is 22.5 Å². The fourth-order valence-electron chi connectivity index (χ4n) is 4.84. The Bertz CT molecular complexity index is 1730. The summed E-state index contributed by atoms with van der Waals surface area (Å²) in [6.07, 6.45) is -0.923. The maximum absolute atomic E-state index is 13.7. The number of aromatic nitrogens is 2. The third-order valence-corrected chi connectivity index (χ3v) is 9.82. The van der Waals surface area contributed by atoms with Gasteiger partial charge in [0, 0.05) is 11.1 Å². The fraction of sp³-hybridized carbons (Fsp3) is 0.214. The molecule has 0 saturated carbocycles. The molecular weight excluding hydrogens is 690 g/mol. The largest absolute Gasteiger partial charge is 0.360 e. The number of aryl methyl sites for hydroxylation is 2. The van der Waals surface area contributed by atoms with Crippen LogP contribution in [-0.4, -0.2) is 53.2 Å². The minimum Gasteiger partial charge on any atom is -0.360 e. The van der Waals surface area contributed by atoms with Gasteiger partial charge in [-0.1, -0.05) is 68.8 Å². The lowest BCUT2D eigenvalue weighted by Crippen LogP contribution is -2.44. The highest BCUT2D eigenvalue weighted by Crippen LogP contribution is 2.42. The maximum atomic E-state index is 13.7. The Morgan fingerprint density at radius 3 is 1.36 bits per heavy atom. The Labute approximate surface area is 279 Å². The van der Waals surface area contributed by atoms with Gasteiger partial charge in [-0.2, -0.15) is 0 Å². The fourth-order valence-corrected chi connectivity index (χ4v) is 8.09. The molecule has 44 heavy (non-hydrogen) atoms. The van der Waals surface area contributed by atoms with Crippen LogP contribution in [0.4, 0.5) is 0 Å². The Morgan fingerprint density at radius 1 is 0.682 bits per heavy atom. The molecule has 10 nitrogen and oxygen atoms in total. The first-order valence-electron chi connectivity index (χ1n) is 13.0. The lowest BCUT2D eigenvalue weighted by molar-refractivity contribution is 0.107. The Hall–Kier alpha value is -3.00. The van der Waals surface area contributed by atoms with E-state index in [4.69, 9.17) is 65.4 Å². The summed E-state index contributed by atoms with van der Waals surface area (Å²) in [6, 6.07) is 10.0. The van der Waals surface area contributed by atoms with E-state index in [9.17, 15) is 9.59 Å². The van der Waals surface area contributed by atoms with Crippen LogP contribution in [0, 0.1) is 13.8 Å². The van der Waals surface area contributed by atoms with Gasteiger partial charge < -0.3 is 9.05 Å². The second-order valence-corrected chi connectivity index (χ2v) is 13.2. The molecule has 6 rings (SSSR count). The van der Waals surface area contributed by atoms with Crippen molar-refractivity contribution in [3.05, 3.63) is 79.1 Å². The summed E-state index contributed by atoms with van der Waals surface area (Å²) < 4.78 is 10.8. The molecule has 0 aliphatic carbocycles. The van der Waals surface area contributed by atoms with E-state index >= 15 is 0 Å². The SMILES string of the molecule is Cc1onc(-c2c(Cl)cccc2Cl)c1C(=O)SC1=N[C@@H](C)N2C(SC(=O)c3c(-c4c(Cl)cccc4Cl)noc3C)=N[C@@H](C)N12. The van der Waals surface area contributed by atoms with E-state index in [1.165, 1.54) is 0 Å². The van der Waals surface area contributed by atoms with Gasteiger partial charge in [0.05, 0.1) is 31.2 Å². The topological polar surface area (TPSA) is 117 Å². The van der Waals surface area contributed by atoms with Crippen LogP contribution in [-0.2, 0) is 0 Å². The molecule has 0 amide bonds. The molecule has 4 aromatic rings. The lowest BCUT2D eigenvalue weighted by atomic mass is 10.1. The number of thioether (sulfide) groups is 2. The summed E-state index contributed by atoms with van der Waals surface area (Å²) in [6.45, 7) is 6.95. The van der Waals surface area contributed by atoms with Gasteiger partial charge in [-0.05, 0) is 75.5 Å². The number of hydrazine groups is 1. The Balaban J connectivity index is 1.24. The van der Waals surface area contributed by atoms with Gasteiger partial charge in [-0.15, -0.1) is 0 Å². The molecular formula is C28H20Cl4N6O4S2. The molecule has 0 N–H and O–H groups in total. The smallest absolute Gasteiger partial charge is 0.232 e. The molecule has 0 radical (unpaired) electrons. The number of nitrogens with zero attached hydrogens (tertiary/aromatic N) is 6. The molecule has 2 atom stereocenters.